The van der Waals surface area contributed by atoms with Crippen molar-refractivity contribution in [3.8, 4) is 11.6 Å². The van der Waals surface area contributed by atoms with E-state index in [1.165, 1.54) is 20.0 Å². The number of rotatable bonds is 7. The van der Waals surface area contributed by atoms with Gasteiger partial charge in [-0.1, -0.05) is 5.21 Å². The molecule has 2 aromatic heterocycles. The summed E-state index contributed by atoms with van der Waals surface area (Å²) in [6.07, 6.45) is 3.33. The zero-order valence-corrected chi connectivity index (χ0v) is 15.9. The Morgan fingerprint density at radius 1 is 1.35 bits per heavy atom. The number of hydrogen-bond acceptors (Lipinski definition) is 6. The molecule has 0 amide bonds. The van der Waals surface area contributed by atoms with Crippen molar-refractivity contribution in [3.63, 3.8) is 0 Å². The Morgan fingerprint density at radius 3 is 2.96 bits per heavy atom. The molecular formula is C18H19BrN4O3. The highest BCUT2D eigenvalue weighted by molar-refractivity contribution is 9.10. The highest BCUT2D eigenvalue weighted by Gasteiger charge is 2.24. The number of ether oxygens (including phenoxy) is 2. The van der Waals surface area contributed by atoms with Gasteiger partial charge < -0.3 is 14.6 Å². The average Bonchev–Trinajstić information content (AvgIpc) is 3.37. The molecule has 2 heterocycles. The molecule has 0 aliphatic heterocycles. The summed E-state index contributed by atoms with van der Waals surface area (Å²) in [6, 6.07) is 7.33. The molecule has 7 nitrogen and oxygen atoms in total. The first-order valence-electron chi connectivity index (χ1n) is 8.49. The van der Waals surface area contributed by atoms with Crippen LogP contribution in [0.4, 0.5) is 0 Å². The highest BCUT2D eigenvalue weighted by Crippen LogP contribution is 2.37. The Kier molecular flexibility index (Phi) is 4.88. The maximum absolute atomic E-state index is 10.2. The Bertz CT molecular complexity index is 926. The summed E-state index contributed by atoms with van der Waals surface area (Å²) < 4.78 is 13.6. The van der Waals surface area contributed by atoms with E-state index in [2.05, 4.69) is 31.2 Å². The predicted octanol–water partition coefficient (Wildman–Crippen LogP) is 3.47. The van der Waals surface area contributed by atoms with E-state index in [1.807, 2.05) is 16.8 Å². The summed E-state index contributed by atoms with van der Waals surface area (Å²) in [5.41, 5.74) is 2.29. The fourth-order valence-corrected chi connectivity index (χ4v) is 3.33. The normalized spacial score (nSPS) is 15.3. The lowest BCUT2D eigenvalue weighted by Crippen LogP contribution is -2.07. The summed E-state index contributed by atoms with van der Waals surface area (Å²) in [6.45, 7) is 1.06. The van der Waals surface area contributed by atoms with E-state index in [9.17, 15) is 5.11 Å². The molecule has 8 heteroatoms. The molecule has 1 unspecified atom stereocenters. The molecule has 0 bridgehead atoms. The standard InChI is InChI=1S/C18H19BrN4O3/c1-25-10-14(24)12-3-2-8-20-18(12)26-15-7-6-13-17(16(15)19)21-22-23(13)9-11-4-5-11/h2-3,6-8,11,14,24H,4-5,9-10H2,1H3. The second-order valence-corrected chi connectivity index (χ2v) is 7.22. The third kappa shape index (κ3) is 3.44. The number of fused-ring (bicyclic) bond motifs is 1. The van der Waals surface area contributed by atoms with Crippen LogP contribution in [-0.2, 0) is 11.3 Å². The van der Waals surface area contributed by atoms with Crippen LogP contribution in [0.5, 0.6) is 11.6 Å². The Hall–Kier alpha value is -2.03. The minimum absolute atomic E-state index is 0.164. The van der Waals surface area contributed by atoms with E-state index >= 15 is 0 Å². The Morgan fingerprint density at radius 2 is 2.19 bits per heavy atom. The van der Waals surface area contributed by atoms with E-state index in [0.717, 1.165) is 22.1 Å². The van der Waals surface area contributed by atoms with Crippen molar-refractivity contribution < 1.29 is 14.6 Å². The van der Waals surface area contributed by atoms with E-state index in [-0.39, 0.29) is 6.61 Å². The molecule has 136 valence electrons. The molecule has 0 spiro atoms. The lowest BCUT2D eigenvalue weighted by atomic mass is 10.1. The first-order valence-corrected chi connectivity index (χ1v) is 9.28. The van der Waals surface area contributed by atoms with Crippen LogP contribution in [0, 0.1) is 5.92 Å². The van der Waals surface area contributed by atoms with Crippen molar-refractivity contribution in [2.24, 2.45) is 5.92 Å². The minimum atomic E-state index is -0.814. The number of aliphatic hydroxyl groups excluding tert-OH is 1. The quantitative estimate of drug-likeness (QED) is 0.632. The van der Waals surface area contributed by atoms with Gasteiger partial charge in [0.2, 0.25) is 5.88 Å². The average molecular weight is 419 g/mol. The molecule has 1 fully saturated rings. The molecule has 1 atom stereocenters. The van der Waals surface area contributed by atoms with Crippen molar-refractivity contribution in [1.82, 2.24) is 20.0 Å². The number of hydrogen-bond donors (Lipinski definition) is 1. The summed E-state index contributed by atoms with van der Waals surface area (Å²) in [5.74, 6) is 1.62. The number of benzene rings is 1. The maximum atomic E-state index is 10.2. The van der Waals surface area contributed by atoms with Gasteiger partial charge in [-0.25, -0.2) is 9.67 Å². The first-order chi connectivity index (χ1) is 12.7. The van der Waals surface area contributed by atoms with Crippen LogP contribution >= 0.6 is 15.9 Å². The highest BCUT2D eigenvalue weighted by atomic mass is 79.9. The summed E-state index contributed by atoms with van der Waals surface area (Å²) in [5, 5.41) is 18.8. The maximum Gasteiger partial charge on any atom is 0.225 e. The Labute approximate surface area is 159 Å². The Balaban J connectivity index is 1.64. The zero-order chi connectivity index (χ0) is 18.1. The second-order valence-electron chi connectivity index (χ2n) is 6.43. The molecule has 4 rings (SSSR count). The lowest BCUT2D eigenvalue weighted by molar-refractivity contribution is 0.0627. The molecule has 1 N–H and O–H groups in total. The molecule has 1 saturated carbocycles. The van der Waals surface area contributed by atoms with Gasteiger partial charge in [-0.2, -0.15) is 0 Å². The second kappa shape index (κ2) is 7.30. The monoisotopic (exact) mass is 418 g/mol. The summed E-state index contributed by atoms with van der Waals surface area (Å²) in [4.78, 5) is 4.25. The molecule has 1 aromatic carbocycles. The SMILES string of the molecule is COCC(O)c1cccnc1Oc1ccc2c(nnn2CC2CC2)c1Br. The van der Waals surface area contributed by atoms with Crippen LogP contribution in [0.1, 0.15) is 24.5 Å². The largest absolute Gasteiger partial charge is 0.437 e. The van der Waals surface area contributed by atoms with Crippen molar-refractivity contribution in [1.29, 1.82) is 0 Å². The van der Waals surface area contributed by atoms with Gasteiger partial charge in [-0.15, -0.1) is 5.10 Å². The first kappa shape index (κ1) is 17.4. The smallest absolute Gasteiger partial charge is 0.225 e. The van der Waals surface area contributed by atoms with Crippen molar-refractivity contribution in [2.75, 3.05) is 13.7 Å². The number of aliphatic hydroxyl groups is 1. The van der Waals surface area contributed by atoms with Gasteiger partial charge in [0.15, 0.2) is 0 Å². The van der Waals surface area contributed by atoms with Gasteiger partial charge in [0.25, 0.3) is 0 Å². The fraction of sp³-hybridized carbons (Fsp3) is 0.389. The predicted molar refractivity (Wildman–Crippen MR) is 99.1 cm³/mol. The van der Waals surface area contributed by atoms with Crippen LogP contribution in [0.25, 0.3) is 11.0 Å². The van der Waals surface area contributed by atoms with Crippen LogP contribution in [0.2, 0.25) is 0 Å². The van der Waals surface area contributed by atoms with Crippen molar-refractivity contribution in [2.45, 2.75) is 25.5 Å². The molecule has 1 aliphatic carbocycles. The van der Waals surface area contributed by atoms with Gasteiger partial charge in [-0.05, 0) is 59.0 Å². The van der Waals surface area contributed by atoms with E-state index < -0.39 is 6.10 Å². The molecule has 0 saturated heterocycles. The van der Waals surface area contributed by atoms with E-state index in [1.54, 1.807) is 18.3 Å². The van der Waals surface area contributed by atoms with Gasteiger partial charge in [0.05, 0.1) is 16.6 Å². The topological polar surface area (TPSA) is 82.3 Å². The molecule has 0 radical (unpaired) electrons. The number of methoxy groups -OCH3 is 1. The number of nitrogens with zero attached hydrogens (tertiary/aromatic N) is 4. The number of halogens is 1. The third-order valence-corrected chi connectivity index (χ3v) is 5.18. The third-order valence-electron chi connectivity index (χ3n) is 4.41. The van der Waals surface area contributed by atoms with Crippen LogP contribution in [0.3, 0.4) is 0 Å². The zero-order valence-electron chi connectivity index (χ0n) is 14.3. The lowest BCUT2D eigenvalue weighted by Gasteiger charge is -2.15. The number of aromatic nitrogens is 4. The van der Waals surface area contributed by atoms with E-state index in [4.69, 9.17) is 9.47 Å². The van der Waals surface area contributed by atoms with E-state index in [0.29, 0.717) is 23.1 Å². The van der Waals surface area contributed by atoms with Crippen LogP contribution < -0.4 is 4.74 Å². The summed E-state index contributed by atoms with van der Waals surface area (Å²) >= 11 is 3.57. The van der Waals surface area contributed by atoms with Gasteiger partial charge in [0.1, 0.15) is 17.4 Å². The van der Waals surface area contributed by atoms with Crippen LogP contribution in [-0.4, -0.2) is 38.8 Å². The summed E-state index contributed by atoms with van der Waals surface area (Å²) in [7, 11) is 1.54. The van der Waals surface area contributed by atoms with Gasteiger partial charge in [-0.3, -0.25) is 0 Å². The molecule has 3 aromatic rings. The fourth-order valence-electron chi connectivity index (χ4n) is 2.84. The minimum Gasteiger partial charge on any atom is -0.437 e. The van der Waals surface area contributed by atoms with Crippen molar-refractivity contribution in [3.05, 3.63) is 40.5 Å². The van der Waals surface area contributed by atoms with Crippen LogP contribution in [0.15, 0.2) is 34.9 Å². The van der Waals surface area contributed by atoms with Gasteiger partial charge >= 0.3 is 0 Å². The molecule has 26 heavy (non-hydrogen) atoms. The number of pyridine rings is 1. The molecular weight excluding hydrogens is 400 g/mol. The van der Waals surface area contributed by atoms with Crippen molar-refractivity contribution >= 4 is 27.0 Å². The van der Waals surface area contributed by atoms with Gasteiger partial charge in [0, 0.05) is 25.4 Å². The molecule has 1 aliphatic rings.